The van der Waals surface area contributed by atoms with Crippen LogP contribution in [0.4, 0.5) is 0 Å². The van der Waals surface area contributed by atoms with Gasteiger partial charge in [-0.3, -0.25) is 4.79 Å². The molecule has 2 rings (SSSR count). The summed E-state index contributed by atoms with van der Waals surface area (Å²) in [5, 5.41) is 0. The summed E-state index contributed by atoms with van der Waals surface area (Å²) in [6, 6.07) is 6.36. The smallest absolute Gasteiger partial charge is 0.160 e. The maximum absolute atomic E-state index is 11.2. The van der Waals surface area contributed by atoms with Crippen LogP contribution in [0.25, 0.3) is 9.75 Å². The van der Waals surface area contributed by atoms with Crippen LogP contribution in [0, 0.1) is 0 Å². The molecule has 19 heavy (non-hydrogen) atoms. The van der Waals surface area contributed by atoms with E-state index in [0.29, 0.717) is 0 Å². The Morgan fingerprint density at radius 2 is 2.00 bits per heavy atom. The van der Waals surface area contributed by atoms with E-state index in [9.17, 15) is 4.79 Å². The van der Waals surface area contributed by atoms with Crippen molar-refractivity contribution in [3.8, 4) is 9.75 Å². The predicted octanol–water partition coefficient (Wildman–Crippen LogP) is 6.17. The first-order valence-electron chi connectivity index (χ1n) is 6.58. The molecule has 0 amide bonds. The summed E-state index contributed by atoms with van der Waals surface area (Å²) in [4.78, 5) is 14.5. The van der Waals surface area contributed by atoms with Crippen LogP contribution in [0.1, 0.15) is 47.8 Å². The fourth-order valence-electron chi connectivity index (χ4n) is 2.05. The lowest BCUT2D eigenvalue weighted by molar-refractivity contribution is 0.112. The highest BCUT2D eigenvalue weighted by molar-refractivity contribution is 9.11. The molecule has 0 bridgehead atoms. The van der Waals surface area contributed by atoms with Gasteiger partial charge in [-0.2, -0.15) is 0 Å². The molecule has 2 heterocycles. The van der Waals surface area contributed by atoms with Gasteiger partial charge in [0.1, 0.15) is 0 Å². The van der Waals surface area contributed by atoms with Crippen molar-refractivity contribution in [2.24, 2.45) is 0 Å². The summed E-state index contributed by atoms with van der Waals surface area (Å²) < 4.78 is 1.13. The van der Waals surface area contributed by atoms with Crippen LogP contribution < -0.4 is 0 Å². The zero-order valence-electron chi connectivity index (χ0n) is 10.9. The maximum atomic E-state index is 11.2. The van der Waals surface area contributed by atoms with Crippen molar-refractivity contribution in [1.82, 2.24) is 0 Å². The number of carbonyl (C=O) groups is 1. The molecular weight excluding hydrogens is 340 g/mol. The second-order valence-corrected chi connectivity index (χ2v) is 8.08. The first-order valence-corrected chi connectivity index (χ1v) is 9.00. The second kappa shape index (κ2) is 7.36. The molecule has 0 aliphatic carbocycles. The molecule has 102 valence electrons. The molecule has 0 aliphatic rings. The Hall–Kier alpha value is -0.450. The fraction of sp³-hybridized carbons (Fsp3) is 0.400. The summed E-state index contributed by atoms with van der Waals surface area (Å²) in [6.07, 6.45) is 7.00. The van der Waals surface area contributed by atoms with E-state index in [1.165, 1.54) is 41.0 Å². The first-order chi connectivity index (χ1) is 9.24. The Bertz CT molecular complexity index is 542. The Morgan fingerprint density at radius 1 is 1.16 bits per heavy atom. The maximum Gasteiger partial charge on any atom is 0.160 e. The van der Waals surface area contributed by atoms with Crippen LogP contribution in [0.5, 0.6) is 0 Å². The molecule has 4 heteroatoms. The Morgan fingerprint density at radius 3 is 2.63 bits per heavy atom. The lowest BCUT2D eigenvalue weighted by Gasteiger charge is -1.98. The number of carbonyl (C=O) groups excluding carboxylic acids is 1. The number of aldehydes is 1. The zero-order chi connectivity index (χ0) is 13.7. The number of unbranched alkanes of at least 4 members (excludes halogenated alkanes) is 3. The van der Waals surface area contributed by atoms with Gasteiger partial charge in [-0.15, -0.1) is 22.7 Å². The molecule has 0 spiro atoms. The van der Waals surface area contributed by atoms with Crippen molar-refractivity contribution in [3.05, 3.63) is 32.4 Å². The van der Waals surface area contributed by atoms with Crippen LogP contribution in [0.3, 0.4) is 0 Å². The van der Waals surface area contributed by atoms with E-state index in [4.69, 9.17) is 0 Å². The van der Waals surface area contributed by atoms with Crippen molar-refractivity contribution in [2.75, 3.05) is 0 Å². The normalized spacial score (nSPS) is 10.8. The Labute approximate surface area is 130 Å². The molecule has 0 unspecified atom stereocenters. The molecule has 0 fully saturated rings. The molecule has 0 radical (unpaired) electrons. The average molecular weight is 357 g/mol. The first kappa shape index (κ1) is 14.9. The van der Waals surface area contributed by atoms with Crippen LogP contribution in [0.2, 0.25) is 0 Å². The van der Waals surface area contributed by atoms with Gasteiger partial charge in [0.2, 0.25) is 0 Å². The minimum absolute atomic E-state index is 0.899. The third kappa shape index (κ3) is 4.01. The highest BCUT2D eigenvalue weighted by Gasteiger charge is 2.11. The topological polar surface area (TPSA) is 17.1 Å². The summed E-state index contributed by atoms with van der Waals surface area (Å²) in [6.45, 7) is 2.22. The van der Waals surface area contributed by atoms with Gasteiger partial charge in [0.05, 0.1) is 8.66 Å². The van der Waals surface area contributed by atoms with E-state index in [2.05, 4.69) is 41.1 Å². The van der Waals surface area contributed by atoms with E-state index in [1.54, 1.807) is 22.7 Å². The standard InChI is InChI=1S/C15H17BrOS2/c1-2-3-4-5-6-11-9-13(18-14(11)10-17)12-7-8-15(16)19-12/h7-10H,2-6H2,1H3. The van der Waals surface area contributed by atoms with E-state index in [1.807, 2.05) is 0 Å². The largest absolute Gasteiger partial charge is 0.297 e. The fourth-order valence-corrected chi connectivity index (χ4v) is 4.54. The van der Waals surface area contributed by atoms with Crippen molar-refractivity contribution >= 4 is 44.9 Å². The van der Waals surface area contributed by atoms with Crippen LogP contribution in [-0.4, -0.2) is 6.29 Å². The number of rotatable bonds is 7. The molecule has 0 N–H and O–H groups in total. The summed E-state index contributed by atoms with van der Waals surface area (Å²) in [5.41, 5.74) is 1.22. The van der Waals surface area contributed by atoms with Gasteiger partial charge >= 0.3 is 0 Å². The quantitative estimate of drug-likeness (QED) is 0.427. The van der Waals surface area contributed by atoms with Crippen LogP contribution in [-0.2, 0) is 6.42 Å². The molecule has 0 atom stereocenters. The van der Waals surface area contributed by atoms with Crippen molar-refractivity contribution in [2.45, 2.75) is 39.0 Å². The second-order valence-electron chi connectivity index (χ2n) is 4.53. The SMILES string of the molecule is CCCCCCc1cc(-c2ccc(Br)s2)sc1C=O. The molecule has 0 saturated carbocycles. The van der Waals surface area contributed by atoms with Crippen LogP contribution >= 0.6 is 38.6 Å². The van der Waals surface area contributed by atoms with Gasteiger partial charge < -0.3 is 0 Å². The van der Waals surface area contributed by atoms with E-state index in [-0.39, 0.29) is 0 Å². The van der Waals surface area contributed by atoms with E-state index < -0.39 is 0 Å². The minimum Gasteiger partial charge on any atom is -0.297 e. The average Bonchev–Trinajstić information content (AvgIpc) is 3.00. The molecular formula is C15H17BrOS2. The van der Waals surface area contributed by atoms with Crippen molar-refractivity contribution in [3.63, 3.8) is 0 Å². The lowest BCUT2D eigenvalue weighted by atomic mass is 10.1. The number of halogens is 1. The molecule has 1 nitrogen and oxygen atoms in total. The summed E-state index contributed by atoms with van der Waals surface area (Å²) in [7, 11) is 0. The van der Waals surface area contributed by atoms with Gasteiger partial charge in [-0.25, -0.2) is 0 Å². The Kier molecular flexibility index (Phi) is 5.79. The van der Waals surface area contributed by atoms with Crippen molar-refractivity contribution in [1.29, 1.82) is 0 Å². The molecule has 2 aromatic heterocycles. The van der Waals surface area contributed by atoms with Gasteiger partial charge in [0.15, 0.2) is 6.29 Å². The highest BCUT2D eigenvalue weighted by atomic mass is 79.9. The van der Waals surface area contributed by atoms with Gasteiger partial charge in [-0.1, -0.05) is 26.2 Å². The van der Waals surface area contributed by atoms with Crippen LogP contribution in [0.15, 0.2) is 22.0 Å². The Balaban J connectivity index is 2.11. The van der Waals surface area contributed by atoms with Crippen molar-refractivity contribution < 1.29 is 4.79 Å². The molecule has 0 saturated heterocycles. The predicted molar refractivity (Wildman–Crippen MR) is 88.6 cm³/mol. The highest BCUT2D eigenvalue weighted by Crippen LogP contribution is 2.37. The van der Waals surface area contributed by atoms with Gasteiger partial charge in [0, 0.05) is 9.75 Å². The summed E-state index contributed by atoms with van der Waals surface area (Å²) in [5.74, 6) is 0. The molecule has 2 aromatic rings. The minimum atomic E-state index is 0.899. The third-order valence-corrected chi connectivity index (χ3v) is 5.99. The van der Waals surface area contributed by atoms with Gasteiger partial charge in [-0.05, 0) is 52.5 Å². The summed E-state index contributed by atoms with van der Waals surface area (Å²) >= 11 is 6.81. The van der Waals surface area contributed by atoms with E-state index in [0.717, 1.165) is 21.4 Å². The molecule has 0 aromatic carbocycles. The third-order valence-electron chi connectivity index (χ3n) is 3.06. The number of hydrogen-bond acceptors (Lipinski definition) is 3. The number of thiophene rings is 2. The lowest BCUT2D eigenvalue weighted by Crippen LogP contribution is -1.87. The monoisotopic (exact) mass is 356 g/mol. The van der Waals surface area contributed by atoms with E-state index >= 15 is 0 Å². The number of hydrogen-bond donors (Lipinski definition) is 0. The van der Waals surface area contributed by atoms with Gasteiger partial charge in [0.25, 0.3) is 0 Å². The molecule has 0 aliphatic heterocycles. The number of aryl methyl sites for hydroxylation is 1. The zero-order valence-corrected chi connectivity index (χ0v) is 14.2.